The molecule has 0 saturated carbocycles. The highest BCUT2D eigenvalue weighted by Gasteiger charge is 2.37. The van der Waals surface area contributed by atoms with Gasteiger partial charge in [-0.05, 0) is 42.3 Å². The molecule has 3 aromatic rings. The molecule has 7 nitrogen and oxygen atoms in total. The first-order valence-corrected chi connectivity index (χ1v) is 9.87. The number of carbonyl (C=O) groups is 2. The number of aromatic nitrogens is 2. The van der Waals surface area contributed by atoms with Gasteiger partial charge in [-0.1, -0.05) is 35.9 Å². The smallest absolute Gasteiger partial charge is 0.251 e. The van der Waals surface area contributed by atoms with Crippen LogP contribution in [-0.4, -0.2) is 28.7 Å². The van der Waals surface area contributed by atoms with E-state index in [0.717, 1.165) is 16.7 Å². The van der Waals surface area contributed by atoms with Gasteiger partial charge in [0.1, 0.15) is 11.9 Å². The molecule has 1 unspecified atom stereocenters. The van der Waals surface area contributed by atoms with Gasteiger partial charge in [0.2, 0.25) is 5.91 Å². The standard InChI is InChI=1S/C22H21ClN4O3/c1-13-4-3-5-16(10-13)24-19(28)11-18-22(29)25-21-20(14-6-8-15(23)9-7-14)17(12-30-2)26-27(18)21/h3-10,18H,11-12H2,1-2H3,(H,24,28)(H,25,29). The molecule has 0 fully saturated rings. The average molecular weight is 425 g/mol. The Bertz CT molecular complexity index is 1110. The first-order valence-electron chi connectivity index (χ1n) is 9.50. The average Bonchev–Trinajstić information content (AvgIpc) is 3.18. The second-order valence-electron chi connectivity index (χ2n) is 7.18. The summed E-state index contributed by atoms with van der Waals surface area (Å²) in [6.45, 7) is 2.22. The van der Waals surface area contributed by atoms with Crippen LogP contribution in [0.1, 0.15) is 23.7 Å². The lowest BCUT2D eigenvalue weighted by atomic mass is 10.1. The van der Waals surface area contributed by atoms with Crippen LogP contribution in [0, 0.1) is 6.92 Å². The van der Waals surface area contributed by atoms with Crippen LogP contribution in [0.5, 0.6) is 0 Å². The first kappa shape index (κ1) is 20.1. The molecule has 1 atom stereocenters. The zero-order chi connectivity index (χ0) is 21.3. The molecule has 1 aliphatic rings. The molecular weight excluding hydrogens is 404 g/mol. The lowest BCUT2D eigenvalue weighted by molar-refractivity contribution is -0.123. The van der Waals surface area contributed by atoms with Gasteiger partial charge in [0.15, 0.2) is 0 Å². The second-order valence-corrected chi connectivity index (χ2v) is 7.62. The number of halogens is 1. The van der Waals surface area contributed by atoms with E-state index in [-0.39, 0.29) is 24.8 Å². The molecule has 0 spiro atoms. The van der Waals surface area contributed by atoms with Crippen LogP contribution in [0.4, 0.5) is 11.5 Å². The van der Waals surface area contributed by atoms with Crippen molar-refractivity contribution in [2.45, 2.75) is 26.0 Å². The van der Waals surface area contributed by atoms with E-state index in [1.165, 1.54) is 0 Å². The topological polar surface area (TPSA) is 85.2 Å². The molecule has 0 radical (unpaired) electrons. The number of nitrogens with zero attached hydrogens (tertiary/aromatic N) is 2. The van der Waals surface area contributed by atoms with E-state index >= 15 is 0 Å². The van der Waals surface area contributed by atoms with Crippen molar-refractivity contribution in [3.8, 4) is 11.1 Å². The van der Waals surface area contributed by atoms with Crippen LogP contribution in [0.2, 0.25) is 5.02 Å². The maximum Gasteiger partial charge on any atom is 0.251 e. The number of aryl methyl sites for hydroxylation is 1. The lowest BCUT2D eigenvalue weighted by Gasteiger charge is -2.10. The van der Waals surface area contributed by atoms with Crippen molar-refractivity contribution in [3.63, 3.8) is 0 Å². The third-order valence-corrected chi connectivity index (χ3v) is 5.17. The highest BCUT2D eigenvalue weighted by atomic mass is 35.5. The highest BCUT2D eigenvalue weighted by molar-refractivity contribution is 6.30. The van der Waals surface area contributed by atoms with E-state index in [9.17, 15) is 9.59 Å². The maximum absolute atomic E-state index is 12.6. The van der Waals surface area contributed by atoms with E-state index in [4.69, 9.17) is 16.3 Å². The quantitative estimate of drug-likeness (QED) is 0.621. The third kappa shape index (κ3) is 3.94. The zero-order valence-corrected chi connectivity index (χ0v) is 17.4. The van der Waals surface area contributed by atoms with Crippen LogP contribution in [0.15, 0.2) is 48.5 Å². The molecule has 0 saturated heterocycles. The Kier molecular flexibility index (Phi) is 5.57. The molecule has 2 amide bonds. The maximum atomic E-state index is 12.6. The fraction of sp³-hybridized carbons (Fsp3) is 0.227. The van der Waals surface area contributed by atoms with Crippen molar-refractivity contribution >= 4 is 34.9 Å². The van der Waals surface area contributed by atoms with E-state index in [0.29, 0.717) is 22.2 Å². The molecule has 8 heteroatoms. The Hall–Kier alpha value is -3.16. The van der Waals surface area contributed by atoms with Crippen LogP contribution in [0.25, 0.3) is 11.1 Å². The van der Waals surface area contributed by atoms with Crippen molar-refractivity contribution in [1.82, 2.24) is 9.78 Å². The number of rotatable bonds is 6. The molecule has 1 aliphatic heterocycles. The van der Waals surface area contributed by atoms with Gasteiger partial charge in [0.05, 0.1) is 18.7 Å². The number of hydrogen-bond donors (Lipinski definition) is 2. The molecule has 0 bridgehead atoms. The number of amides is 2. The number of nitrogens with one attached hydrogen (secondary N) is 2. The van der Waals surface area contributed by atoms with Crippen LogP contribution in [0.3, 0.4) is 0 Å². The normalized spacial score (nSPS) is 15.0. The van der Waals surface area contributed by atoms with Gasteiger partial charge in [-0.3, -0.25) is 9.59 Å². The van der Waals surface area contributed by atoms with Crippen LogP contribution in [-0.2, 0) is 20.9 Å². The predicted molar refractivity (Wildman–Crippen MR) is 115 cm³/mol. The molecular formula is C22H21ClN4O3. The monoisotopic (exact) mass is 424 g/mol. The second kappa shape index (κ2) is 8.30. The molecule has 30 heavy (non-hydrogen) atoms. The van der Waals surface area contributed by atoms with Crippen LogP contribution < -0.4 is 10.6 Å². The predicted octanol–water partition coefficient (Wildman–Crippen LogP) is 4.18. The lowest BCUT2D eigenvalue weighted by Crippen LogP contribution is -2.24. The fourth-order valence-electron chi connectivity index (χ4n) is 3.58. The number of fused-ring (bicyclic) bond motifs is 1. The van der Waals surface area contributed by atoms with Gasteiger partial charge in [0, 0.05) is 23.4 Å². The summed E-state index contributed by atoms with van der Waals surface area (Å²) in [6.07, 6.45) is -0.0268. The summed E-state index contributed by atoms with van der Waals surface area (Å²) < 4.78 is 6.87. The summed E-state index contributed by atoms with van der Waals surface area (Å²) in [6, 6.07) is 14.1. The Labute approximate surface area is 179 Å². The Morgan fingerprint density at radius 3 is 2.73 bits per heavy atom. The van der Waals surface area contributed by atoms with E-state index < -0.39 is 6.04 Å². The number of methoxy groups -OCH3 is 1. The summed E-state index contributed by atoms with van der Waals surface area (Å²) in [5.74, 6) is 0.0317. The van der Waals surface area contributed by atoms with E-state index in [1.807, 2.05) is 43.3 Å². The van der Waals surface area contributed by atoms with Gasteiger partial charge in [-0.2, -0.15) is 5.10 Å². The number of anilines is 2. The summed E-state index contributed by atoms with van der Waals surface area (Å²) in [7, 11) is 1.58. The highest BCUT2D eigenvalue weighted by Crippen LogP contribution is 2.39. The van der Waals surface area contributed by atoms with Gasteiger partial charge >= 0.3 is 0 Å². The third-order valence-electron chi connectivity index (χ3n) is 4.92. The Balaban J connectivity index is 1.62. The summed E-state index contributed by atoms with van der Waals surface area (Å²) in [4.78, 5) is 25.2. The molecule has 154 valence electrons. The van der Waals surface area contributed by atoms with Crippen molar-refractivity contribution in [2.75, 3.05) is 17.7 Å². The van der Waals surface area contributed by atoms with Crippen molar-refractivity contribution < 1.29 is 14.3 Å². The van der Waals surface area contributed by atoms with Gasteiger partial charge in [0.25, 0.3) is 5.91 Å². The molecule has 4 rings (SSSR count). The van der Waals surface area contributed by atoms with Crippen molar-refractivity contribution in [1.29, 1.82) is 0 Å². The summed E-state index contributed by atoms with van der Waals surface area (Å²) >= 11 is 6.01. The summed E-state index contributed by atoms with van der Waals surface area (Å²) in [5.41, 5.74) is 4.04. The van der Waals surface area contributed by atoms with Crippen molar-refractivity contribution in [3.05, 3.63) is 64.8 Å². The van der Waals surface area contributed by atoms with Crippen molar-refractivity contribution in [2.24, 2.45) is 0 Å². The largest absolute Gasteiger partial charge is 0.378 e. The Morgan fingerprint density at radius 1 is 1.27 bits per heavy atom. The number of carbonyl (C=O) groups excluding carboxylic acids is 2. The van der Waals surface area contributed by atoms with E-state index in [1.54, 1.807) is 23.9 Å². The first-order chi connectivity index (χ1) is 14.5. The zero-order valence-electron chi connectivity index (χ0n) is 16.6. The minimum Gasteiger partial charge on any atom is -0.378 e. The van der Waals surface area contributed by atoms with E-state index in [2.05, 4.69) is 15.7 Å². The summed E-state index contributed by atoms with van der Waals surface area (Å²) in [5, 5.41) is 10.9. The fourth-order valence-corrected chi connectivity index (χ4v) is 3.71. The van der Waals surface area contributed by atoms with Crippen LogP contribution >= 0.6 is 11.6 Å². The van der Waals surface area contributed by atoms with Gasteiger partial charge < -0.3 is 15.4 Å². The molecule has 2 N–H and O–H groups in total. The number of benzene rings is 2. The molecule has 2 heterocycles. The van der Waals surface area contributed by atoms with Gasteiger partial charge in [-0.25, -0.2) is 4.68 Å². The number of hydrogen-bond acceptors (Lipinski definition) is 4. The SMILES string of the molecule is COCc1nn2c(c1-c1ccc(Cl)cc1)NC(=O)C2CC(=O)Nc1cccc(C)c1. The molecule has 1 aromatic heterocycles. The minimum absolute atomic E-state index is 0.0268. The Morgan fingerprint density at radius 2 is 2.03 bits per heavy atom. The number of ether oxygens (including phenoxy) is 1. The minimum atomic E-state index is -0.735. The molecule has 2 aromatic carbocycles. The van der Waals surface area contributed by atoms with Gasteiger partial charge in [-0.15, -0.1) is 0 Å². The molecule has 0 aliphatic carbocycles.